The number of piperidine rings is 1. The second-order valence-electron chi connectivity index (χ2n) is 8.18. The van der Waals surface area contributed by atoms with Gasteiger partial charge < -0.3 is 19.5 Å². The molecule has 4 heterocycles. The van der Waals surface area contributed by atoms with Crippen molar-refractivity contribution in [1.82, 2.24) is 15.1 Å². The van der Waals surface area contributed by atoms with Crippen LogP contribution < -0.4 is 5.32 Å². The molecule has 3 aliphatic heterocycles. The Hall–Kier alpha value is -1.82. The molecular weight excluding hydrogens is 330 g/mol. The first-order valence-corrected chi connectivity index (χ1v) is 9.89. The van der Waals surface area contributed by atoms with E-state index in [0.717, 1.165) is 18.6 Å². The van der Waals surface area contributed by atoms with Crippen molar-refractivity contribution in [2.75, 3.05) is 26.2 Å². The van der Waals surface area contributed by atoms with E-state index in [9.17, 15) is 9.59 Å². The summed E-state index contributed by atoms with van der Waals surface area (Å²) in [4.78, 5) is 29.1. The van der Waals surface area contributed by atoms with Crippen LogP contribution in [0.4, 0.5) is 0 Å². The summed E-state index contributed by atoms with van der Waals surface area (Å²) in [5, 5.41) is 3.64. The van der Waals surface area contributed by atoms with Crippen molar-refractivity contribution >= 4 is 11.8 Å². The summed E-state index contributed by atoms with van der Waals surface area (Å²) >= 11 is 0. The summed E-state index contributed by atoms with van der Waals surface area (Å²) in [6.45, 7) is 6.16. The van der Waals surface area contributed by atoms with E-state index in [1.165, 1.54) is 12.8 Å². The number of rotatable bonds is 3. The summed E-state index contributed by atoms with van der Waals surface area (Å²) in [5.74, 6) is 2.24. The van der Waals surface area contributed by atoms with Gasteiger partial charge in [0.05, 0.1) is 5.56 Å². The SMILES string of the molecule is Cc1cc(C(=O)N2CCN(C(=O)CC3CC4CCC(C3)N4)CC2)c(C)o1. The molecule has 0 radical (unpaired) electrons. The second-order valence-corrected chi connectivity index (χ2v) is 8.18. The van der Waals surface area contributed by atoms with Crippen LogP contribution in [0.1, 0.15) is 54.0 Å². The average Bonchev–Trinajstić information content (AvgIpc) is 3.15. The average molecular weight is 359 g/mol. The van der Waals surface area contributed by atoms with E-state index < -0.39 is 0 Å². The minimum absolute atomic E-state index is 0.0152. The van der Waals surface area contributed by atoms with E-state index >= 15 is 0 Å². The molecule has 0 saturated carbocycles. The van der Waals surface area contributed by atoms with Gasteiger partial charge in [0, 0.05) is 44.7 Å². The number of carbonyl (C=O) groups is 2. The first-order valence-electron chi connectivity index (χ1n) is 9.89. The summed E-state index contributed by atoms with van der Waals surface area (Å²) < 4.78 is 5.48. The molecule has 1 aromatic heterocycles. The van der Waals surface area contributed by atoms with Crippen molar-refractivity contribution in [2.24, 2.45) is 5.92 Å². The first kappa shape index (κ1) is 17.6. The molecule has 2 unspecified atom stereocenters. The lowest BCUT2D eigenvalue weighted by atomic mass is 9.89. The summed E-state index contributed by atoms with van der Waals surface area (Å²) in [6, 6.07) is 3.06. The fraction of sp³-hybridized carbons (Fsp3) is 0.700. The summed E-state index contributed by atoms with van der Waals surface area (Å²) in [5.41, 5.74) is 0.646. The molecule has 2 bridgehead atoms. The van der Waals surface area contributed by atoms with Gasteiger partial charge in [-0.3, -0.25) is 9.59 Å². The number of amides is 2. The molecule has 1 N–H and O–H groups in total. The van der Waals surface area contributed by atoms with Gasteiger partial charge in [-0.15, -0.1) is 0 Å². The molecule has 4 rings (SSSR count). The molecule has 3 fully saturated rings. The quantitative estimate of drug-likeness (QED) is 0.898. The lowest BCUT2D eigenvalue weighted by Gasteiger charge is -2.36. The topological polar surface area (TPSA) is 65.8 Å². The highest BCUT2D eigenvalue weighted by atomic mass is 16.3. The fourth-order valence-electron chi connectivity index (χ4n) is 4.89. The Kier molecular flexibility index (Phi) is 4.78. The zero-order valence-electron chi connectivity index (χ0n) is 15.8. The minimum atomic E-state index is 0.0152. The van der Waals surface area contributed by atoms with Crippen LogP contribution >= 0.6 is 0 Å². The van der Waals surface area contributed by atoms with E-state index in [-0.39, 0.29) is 11.8 Å². The Morgan fingerprint density at radius 1 is 1.08 bits per heavy atom. The molecule has 2 atom stereocenters. The first-order chi connectivity index (χ1) is 12.5. The van der Waals surface area contributed by atoms with E-state index in [1.54, 1.807) is 6.07 Å². The number of nitrogens with zero attached hydrogens (tertiary/aromatic N) is 2. The van der Waals surface area contributed by atoms with Crippen molar-refractivity contribution < 1.29 is 14.0 Å². The van der Waals surface area contributed by atoms with Crippen LogP contribution in [0.3, 0.4) is 0 Å². The van der Waals surface area contributed by atoms with Crippen molar-refractivity contribution in [3.8, 4) is 0 Å². The van der Waals surface area contributed by atoms with Crippen LogP contribution in [0.15, 0.2) is 10.5 Å². The third kappa shape index (κ3) is 3.52. The Morgan fingerprint density at radius 2 is 1.69 bits per heavy atom. The number of hydrogen-bond acceptors (Lipinski definition) is 4. The highest BCUT2D eigenvalue weighted by Crippen LogP contribution is 2.33. The molecule has 1 aromatic rings. The maximum atomic E-state index is 12.7. The number of aryl methyl sites for hydroxylation is 2. The van der Waals surface area contributed by atoms with Gasteiger partial charge >= 0.3 is 0 Å². The number of furan rings is 1. The molecule has 26 heavy (non-hydrogen) atoms. The molecule has 6 heteroatoms. The number of nitrogens with one attached hydrogen (secondary N) is 1. The van der Waals surface area contributed by atoms with Crippen LogP contribution in [0, 0.1) is 19.8 Å². The number of hydrogen-bond donors (Lipinski definition) is 1. The molecule has 3 aliphatic rings. The van der Waals surface area contributed by atoms with Crippen LogP contribution in [-0.2, 0) is 4.79 Å². The van der Waals surface area contributed by atoms with E-state index in [0.29, 0.717) is 61.9 Å². The predicted octanol–water partition coefficient (Wildman–Crippen LogP) is 2.10. The normalized spacial score (nSPS) is 28.5. The van der Waals surface area contributed by atoms with Gasteiger partial charge in [-0.2, -0.15) is 0 Å². The monoisotopic (exact) mass is 359 g/mol. The molecule has 3 saturated heterocycles. The van der Waals surface area contributed by atoms with Gasteiger partial charge in [-0.05, 0) is 51.5 Å². The minimum Gasteiger partial charge on any atom is -0.466 e. The largest absolute Gasteiger partial charge is 0.466 e. The van der Waals surface area contributed by atoms with Crippen molar-refractivity contribution in [1.29, 1.82) is 0 Å². The smallest absolute Gasteiger partial charge is 0.257 e. The molecule has 6 nitrogen and oxygen atoms in total. The van der Waals surface area contributed by atoms with Gasteiger partial charge in [-0.25, -0.2) is 0 Å². The van der Waals surface area contributed by atoms with Crippen molar-refractivity contribution in [2.45, 2.75) is 58.0 Å². The standard InChI is InChI=1S/C20H29N3O3/c1-13-9-18(14(2)26-13)20(25)23-7-5-22(6-8-23)19(24)12-15-10-16-3-4-17(11-15)21-16/h9,15-17,21H,3-8,10-12H2,1-2H3. The van der Waals surface area contributed by atoms with E-state index in [1.807, 2.05) is 23.6 Å². The Bertz CT molecular complexity index is 678. The number of fused-ring (bicyclic) bond motifs is 2. The van der Waals surface area contributed by atoms with Gasteiger partial charge in [0.1, 0.15) is 11.5 Å². The molecule has 2 amide bonds. The zero-order valence-corrected chi connectivity index (χ0v) is 15.8. The third-order valence-electron chi connectivity index (χ3n) is 6.22. The third-order valence-corrected chi connectivity index (χ3v) is 6.22. The highest BCUT2D eigenvalue weighted by Gasteiger charge is 2.35. The lowest BCUT2D eigenvalue weighted by Crippen LogP contribution is -2.51. The van der Waals surface area contributed by atoms with E-state index in [4.69, 9.17) is 4.42 Å². The molecular formula is C20H29N3O3. The van der Waals surface area contributed by atoms with E-state index in [2.05, 4.69) is 5.32 Å². The fourth-order valence-corrected chi connectivity index (χ4v) is 4.89. The molecule has 0 aromatic carbocycles. The maximum Gasteiger partial charge on any atom is 0.257 e. The van der Waals surface area contributed by atoms with Gasteiger partial charge in [-0.1, -0.05) is 0 Å². The molecule has 0 spiro atoms. The zero-order chi connectivity index (χ0) is 18.3. The highest BCUT2D eigenvalue weighted by molar-refractivity contribution is 5.95. The summed E-state index contributed by atoms with van der Waals surface area (Å²) in [7, 11) is 0. The summed E-state index contributed by atoms with van der Waals surface area (Å²) in [6.07, 6.45) is 5.48. The van der Waals surface area contributed by atoms with Crippen molar-refractivity contribution in [3.05, 3.63) is 23.2 Å². The Morgan fingerprint density at radius 3 is 2.27 bits per heavy atom. The number of piperazine rings is 1. The number of carbonyl (C=O) groups excluding carboxylic acids is 2. The van der Waals surface area contributed by atoms with Crippen LogP contribution in [-0.4, -0.2) is 59.9 Å². The maximum absolute atomic E-state index is 12.7. The van der Waals surface area contributed by atoms with Crippen LogP contribution in [0.2, 0.25) is 0 Å². The Balaban J connectivity index is 1.28. The van der Waals surface area contributed by atoms with Crippen LogP contribution in [0.25, 0.3) is 0 Å². The van der Waals surface area contributed by atoms with Crippen molar-refractivity contribution in [3.63, 3.8) is 0 Å². The second kappa shape index (κ2) is 7.06. The molecule has 142 valence electrons. The predicted molar refractivity (Wildman–Crippen MR) is 98.0 cm³/mol. The van der Waals surface area contributed by atoms with Gasteiger partial charge in [0.15, 0.2) is 0 Å². The van der Waals surface area contributed by atoms with Gasteiger partial charge in [0.2, 0.25) is 5.91 Å². The lowest BCUT2D eigenvalue weighted by molar-refractivity contribution is -0.134. The van der Waals surface area contributed by atoms with Crippen LogP contribution in [0.5, 0.6) is 0 Å². The molecule has 0 aliphatic carbocycles. The van der Waals surface area contributed by atoms with Gasteiger partial charge in [0.25, 0.3) is 5.91 Å². The Labute approximate surface area is 154 Å².